The van der Waals surface area contributed by atoms with Gasteiger partial charge in [-0.15, -0.1) is 0 Å². The van der Waals surface area contributed by atoms with Crippen LogP contribution in [-0.2, 0) is 45.9 Å². The maximum Gasteiger partial charge on any atom is 0.270 e. The van der Waals surface area contributed by atoms with E-state index in [4.69, 9.17) is 66.1 Å². The van der Waals surface area contributed by atoms with Crippen molar-refractivity contribution >= 4 is 17.3 Å². The molecule has 0 aromatic heterocycles. The maximum absolute atomic E-state index is 10.4. The molecule has 0 aliphatic carbocycles. The molecule has 64 heavy (non-hydrogen) atoms. The zero-order valence-electron chi connectivity index (χ0n) is 37.1. The largest absolute Gasteiger partial charge is 0.508 e. The lowest BCUT2D eigenvalue weighted by molar-refractivity contribution is -0.385. The summed E-state index contributed by atoms with van der Waals surface area (Å²) in [6.07, 6.45) is 0. The Hall–Kier alpha value is -6.27. The molecule has 0 aliphatic heterocycles. The van der Waals surface area contributed by atoms with E-state index in [0.717, 1.165) is 21.7 Å². The number of nitrogens with two attached hydrogens (primary N) is 6. The number of aliphatic hydroxyl groups excluding tert-OH is 1. The SMILES string of the molecule is COc1cccc(CN)c1O.Cc1cc([N+](=O)[O-])cc(CN)c1O.Cc1ccc(CO)cc1CN.Cc1ccc(Cl)cc1CN.Cc1ccccc1CN.NCc1cc(O)ccc1O. The fourth-order valence-electron chi connectivity index (χ4n) is 5.47. The van der Waals surface area contributed by atoms with Crippen LogP contribution in [0.2, 0.25) is 5.02 Å². The summed E-state index contributed by atoms with van der Waals surface area (Å²) in [5.74, 6) is 0.886. The van der Waals surface area contributed by atoms with Gasteiger partial charge < -0.3 is 64.7 Å². The van der Waals surface area contributed by atoms with E-state index in [1.807, 2.05) is 62.4 Å². The number of nitro benzene ring substituents is 1. The second-order valence-electron chi connectivity index (χ2n) is 13.9. The number of rotatable bonds is 9. The number of hydrogen-bond acceptors (Lipinski definition) is 14. The molecule has 0 bridgehead atoms. The number of phenols is 4. The smallest absolute Gasteiger partial charge is 0.270 e. The number of phenolic OH excluding ortho intramolecular Hbond substituents is 4. The molecule has 0 saturated carbocycles. The van der Waals surface area contributed by atoms with Gasteiger partial charge in [-0.25, -0.2) is 0 Å². The fourth-order valence-corrected chi connectivity index (χ4v) is 5.66. The molecule has 0 saturated heterocycles. The first-order chi connectivity index (χ1) is 30.4. The van der Waals surface area contributed by atoms with Crippen molar-refractivity contribution in [2.45, 2.75) is 73.6 Å². The van der Waals surface area contributed by atoms with Gasteiger partial charge in [0, 0.05) is 73.1 Å². The number of nitro groups is 1. The van der Waals surface area contributed by atoms with Crippen LogP contribution >= 0.6 is 11.6 Å². The van der Waals surface area contributed by atoms with E-state index >= 15 is 0 Å². The molecule has 346 valence electrons. The summed E-state index contributed by atoms with van der Waals surface area (Å²) in [5, 5.41) is 56.7. The van der Waals surface area contributed by atoms with Crippen molar-refractivity contribution in [3.63, 3.8) is 0 Å². The summed E-state index contributed by atoms with van der Waals surface area (Å²) in [4.78, 5) is 9.91. The van der Waals surface area contributed by atoms with E-state index in [-0.39, 0.29) is 48.4 Å². The van der Waals surface area contributed by atoms with Crippen molar-refractivity contribution in [3.8, 4) is 28.7 Å². The lowest BCUT2D eigenvalue weighted by Gasteiger charge is -2.05. The van der Waals surface area contributed by atoms with Gasteiger partial charge in [-0.1, -0.05) is 72.3 Å². The van der Waals surface area contributed by atoms with Gasteiger partial charge in [0.15, 0.2) is 11.5 Å². The highest BCUT2D eigenvalue weighted by Crippen LogP contribution is 2.29. The number of non-ortho nitro benzene ring substituents is 1. The molecule has 0 unspecified atom stereocenters. The molecule has 16 heteroatoms. The monoisotopic (exact) mass is 901 g/mol. The van der Waals surface area contributed by atoms with E-state index < -0.39 is 4.92 Å². The van der Waals surface area contributed by atoms with Crippen LogP contribution in [0.25, 0.3) is 0 Å². The van der Waals surface area contributed by atoms with E-state index in [2.05, 4.69) is 19.1 Å². The molecule has 0 radical (unpaired) electrons. The Balaban J connectivity index is 0.000000385. The highest BCUT2D eigenvalue weighted by molar-refractivity contribution is 6.30. The molecule has 0 heterocycles. The van der Waals surface area contributed by atoms with Crippen LogP contribution in [-0.4, -0.2) is 37.6 Å². The summed E-state index contributed by atoms with van der Waals surface area (Å²) >= 11 is 5.74. The molecule has 6 rings (SSSR count). The molecule has 0 amide bonds. The number of ether oxygens (including phenoxy) is 1. The first-order valence-corrected chi connectivity index (χ1v) is 20.3. The first-order valence-electron chi connectivity index (χ1n) is 20.0. The van der Waals surface area contributed by atoms with E-state index in [9.17, 15) is 20.3 Å². The van der Waals surface area contributed by atoms with Crippen LogP contribution in [0.3, 0.4) is 0 Å². The third kappa shape index (κ3) is 19.0. The van der Waals surface area contributed by atoms with E-state index in [1.165, 1.54) is 59.7 Å². The summed E-state index contributed by atoms with van der Waals surface area (Å²) in [6, 6.07) is 31.8. The predicted octanol–water partition coefficient (Wildman–Crippen LogP) is 6.99. The van der Waals surface area contributed by atoms with Crippen LogP contribution in [0, 0.1) is 37.8 Å². The molecular weight excluding hydrogens is 838 g/mol. The van der Waals surface area contributed by atoms with Gasteiger partial charge in [-0.05, 0) is 109 Å². The summed E-state index contributed by atoms with van der Waals surface area (Å²) in [5.41, 5.74) is 42.4. The molecule has 0 spiro atoms. The number of methoxy groups -OCH3 is 1. The van der Waals surface area contributed by atoms with Gasteiger partial charge in [-0.2, -0.15) is 0 Å². The summed E-state index contributed by atoms with van der Waals surface area (Å²) in [7, 11) is 1.51. The van der Waals surface area contributed by atoms with Crippen LogP contribution < -0.4 is 39.1 Å². The topological polar surface area (TPSA) is 310 Å². The minimum atomic E-state index is -0.508. The third-order valence-electron chi connectivity index (χ3n) is 9.43. The minimum Gasteiger partial charge on any atom is -0.508 e. The summed E-state index contributed by atoms with van der Waals surface area (Å²) < 4.78 is 4.88. The van der Waals surface area contributed by atoms with Crippen molar-refractivity contribution in [2.24, 2.45) is 34.4 Å². The molecular formula is C48H64ClN7O8. The number of halogens is 1. The molecule has 15 nitrogen and oxygen atoms in total. The van der Waals surface area contributed by atoms with Gasteiger partial charge in [0.25, 0.3) is 5.69 Å². The Morgan fingerprint density at radius 1 is 0.547 bits per heavy atom. The van der Waals surface area contributed by atoms with E-state index in [0.29, 0.717) is 54.2 Å². The normalized spacial score (nSPS) is 9.83. The molecule has 6 aromatic rings. The van der Waals surface area contributed by atoms with Gasteiger partial charge in [-0.3, -0.25) is 10.1 Å². The number of benzene rings is 6. The van der Waals surface area contributed by atoms with Gasteiger partial charge in [0.05, 0.1) is 18.6 Å². The van der Waals surface area contributed by atoms with Crippen molar-refractivity contribution in [2.75, 3.05) is 7.11 Å². The first kappa shape index (κ1) is 55.7. The number of aliphatic hydroxyl groups is 1. The second kappa shape index (κ2) is 29.9. The van der Waals surface area contributed by atoms with Gasteiger partial charge in [0.2, 0.25) is 0 Å². The Morgan fingerprint density at radius 3 is 1.56 bits per heavy atom. The quantitative estimate of drug-likeness (QED) is 0.0396. The second-order valence-corrected chi connectivity index (χ2v) is 14.4. The van der Waals surface area contributed by atoms with Crippen molar-refractivity contribution in [1.82, 2.24) is 0 Å². The standard InChI is InChI=1S/C9H13NO.C8H10ClN.C8H10N2O3.C8H11NO2.C8H11N.C7H9NO2/c1-7-2-3-8(6-11)4-9(7)5-10;1-6-2-3-8(9)4-7(6)5-10;1-5-2-7(10(12)13)3-6(4-9)8(5)11;1-11-7-4-2-3-6(5-9)8(7)10;1-7-4-2-3-5-8(7)6-9;8-4-5-3-6(9)1-2-7(5)10/h2-4,11H,5-6,10H2,1H3;2-4H,5,10H2,1H3;2-3,11H,4,9H2,1H3;2-4,10H,5,9H2,1H3;2-5H,6,9H2,1H3;1-3,9-10H,4,8H2. The number of aromatic hydroxyl groups is 4. The van der Waals surface area contributed by atoms with Crippen LogP contribution in [0.5, 0.6) is 28.7 Å². The Kier molecular flexibility index (Phi) is 26.1. The van der Waals surface area contributed by atoms with Gasteiger partial charge >= 0.3 is 0 Å². The van der Waals surface area contributed by atoms with Gasteiger partial charge in [0.1, 0.15) is 17.2 Å². The lowest BCUT2D eigenvalue weighted by atomic mass is 10.1. The minimum absolute atomic E-state index is 0.0353. The van der Waals surface area contributed by atoms with Crippen molar-refractivity contribution in [1.29, 1.82) is 0 Å². The Morgan fingerprint density at radius 2 is 1.08 bits per heavy atom. The molecule has 0 fully saturated rings. The fraction of sp³-hybridized carbons (Fsp3) is 0.250. The average Bonchev–Trinajstić information content (AvgIpc) is 3.30. The number of hydrogen-bond donors (Lipinski definition) is 11. The maximum atomic E-state index is 10.4. The van der Waals surface area contributed by atoms with E-state index in [1.54, 1.807) is 25.1 Å². The molecule has 17 N–H and O–H groups in total. The molecule has 0 aliphatic rings. The highest BCUT2D eigenvalue weighted by atomic mass is 35.5. The number of nitrogens with zero attached hydrogens (tertiary/aromatic N) is 1. The lowest BCUT2D eigenvalue weighted by Crippen LogP contribution is -2.00. The third-order valence-corrected chi connectivity index (χ3v) is 9.66. The highest BCUT2D eigenvalue weighted by Gasteiger charge is 2.12. The zero-order valence-corrected chi connectivity index (χ0v) is 37.8. The molecule has 6 aromatic carbocycles. The van der Waals surface area contributed by atoms with Crippen LogP contribution in [0.15, 0.2) is 109 Å². The van der Waals surface area contributed by atoms with Crippen molar-refractivity contribution in [3.05, 3.63) is 186 Å². The number of para-hydroxylation sites is 1. The molecule has 0 atom stereocenters. The zero-order chi connectivity index (χ0) is 48.4. The Labute approximate surface area is 380 Å². The van der Waals surface area contributed by atoms with Crippen molar-refractivity contribution < 1.29 is 35.2 Å². The number of aryl methyl sites for hydroxylation is 4. The predicted molar refractivity (Wildman–Crippen MR) is 256 cm³/mol. The summed E-state index contributed by atoms with van der Waals surface area (Å²) in [6.45, 7) is 10.2. The van der Waals surface area contributed by atoms with Crippen LogP contribution in [0.4, 0.5) is 5.69 Å². The average molecular weight is 903 g/mol. The Bertz CT molecular complexity index is 2270. The van der Waals surface area contributed by atoms with Crippen LogP contribution in [0.1, 0.15) is 61.2 Å².